The van der Waals surface area contributed by atoms with Crippen molar-refractivity contribution in [3.8, 4) is 0 Å². The van der Waals surface area contributed by atoms with Gasteiger partial charge < -0.3 is 11.1 Å². The Morgan fingerprint density at radius 1 is 0.944 bits per heavy atom. The number of aromatic nitrogens is 1. The van der Waals surface area contributed by atoms with Gasteiger partial charge in [-0.2, -0.15) is 0 Å². The summed E-state index contributed by atoms with van der Waals surface area (Å²) < 4.78 is 0. The van der Waals surface area contributed by atoms with Crippen LogP contribution in [0.2, 0.25) is 20.1 Å². The summed E-state index contributed by atoms with van der Waals surface area (Å²) in [4.78, 5) is 4.04. The first-order chi connectivity index (χ1) is 8.47. The number of anilines is 3. The van der Waals surface area contributed by atoms with Gasteiger partial charge in [0.1, 0.15) is 5.82 Å². The van der Waals surface area contributed by atoms with Crippen LogP contribution in [-0.2, 0) is 0 Å². The highest BCUT2D eigenvalue weighted by molar-refractivity contribution is 6.38. The van der Waals surface area contributed by atoms with E-state index in [1.165, 1.54) is 6.07 Å². The lowest BCUT2D eigenvalue weighted by molar-refractivity contribution is 1.31. The monoisotopic (exact) mass is 321 g/mol. The number of nitrogens with zero attached hydrogens (tertiary/aromatic N) is 1. The highest BCUT2D eigenvalue weighted by Crippen LogP contribution is 2.33. The predicted molar refractivity (Wildman–Crippen MR) is 78.4 cm³/mol. The van der Waals surface area contributed by atoms with Crippen molar-refractivity contribution in [1.82, 2.24) is 4.98 Å². The maximum atomic E-state index is 6.02. The Hall–Kier alpha value is -0.870. The lowest BCUT2D eigenvalue weighted by Gasteiger charge is -2.10. The summed E-state index contributed by atoms with van der Waals surface area (Å²) in [5, 5.41) is 4.62. The van der Waals surface area contributed by atoms with Crippen LogP contribution in [0.25, 0.3) is 0 Å². The highest BCUT2D eigenvalue weighted by Gasteiger charge is 2.09. The lowest BCUT2D eigenvalue weighted by atomic mass is 10.3. The standard InChI is InChI=1S/C11H7Cl4N3/c12-5-1-2-6(13)9(3-5)17-11-8(15)4-7(14)10(16)18-11/h1-4H,(H3,16,17,18). The zero-order valence-corrected chi connectivity index (χ0v) is 11.9. The van der Waals surface area contributed by atoms with Gasteiger partial charge in [-0.1, -0.05) is 46.4 Å². The maximum absolute atomic E-state index is 6.02. The van der Waals surface area contributed by atoms with Gasteiger partial charge in [0.15, 0.2) is 5.82 Å². The van der Waals surface area contributed by atoms with Gasteiger partial charge >= 0.3 is 0 Å². The van der Waals surface area contributed by atoms with Crippen LogP contribution in [0, 0.1) is 0 Å². The molecule has 7 heteroatoms. The van der Waals surface area contributed by atoms with Crippen LogP contribution in [0.5, 0.6) is 0 Å². The van der Waals surface area contributed by atoms with Crippen molar-refractivity contribution < 1.29 is 0 Å². The molecule has 0 atom stereocenters. The second-order valence-electron chi connectivity index (χ2n) is 3.44. The SMILES string of the molecule is Nc1nc(Nc2cc(Cl)ccc2Cl)c(Cl)cc1Cl. The summed E-state index contributed by atoms with van der Waals surface area (Å²) in [5.41, 5.74) is 6.19. The average Bonchev–Trinajstić information content (AvgIpc) is 2.30. The fourth-order valence-corrected chi connectivity index (χ4v) is 2.03. The first kappa shape index (κ1) is 13.6. The third-order valence-corrected chi connectivity index (χ3v) is 3.29. The molecule has 0 amide bonds. The molecule has 1 heterocycles. The van der Waals surface area contributed by atoms with E-state index in [-0.39, 0.29) is 5.82 Å². The molecule has 0 aliphatic carbocycles. The molecule has 0 spiro atoms. The van der Waals surface area contributed by atoms with E-state index in [4.69, 9.17) is 52.1 Å². The van der Waals surface area contributed by atoms with Gasteiger partial charge in [0.2, 0.25) is 0 Å². The molecule has 0 aliphatic rings. The quantitative estimate of drug-likeness (QED) is 0.816. The molecule has 0 radical (unpaired) electrons. The van der Waals surface area contributed by atoms with E-state index in [9.17, 15) is 0 Å². The number of nitrogens with two attached hydrogens (primary N) is 1. The van der Waals surface area contributed by atoms with Crippen LogP contribution in [0.1, 0.15) is 0 Å². The van der Waals surface area contributed by atoms with E-state index >= 15 is 0 Å². The summed E-state index contributed by atoms with van der Waals surface area (Å²) in [7, 11) is 0. The summed E-state index contributed by atoms with van der Waals surface area (Å²) in [6.45, 7) is 0. The zero-order chi connectivity index (χ0) is 13.3. The van der Waals surface area contributed by atoms with Gasteiger partial charge in [-0.05, 0) is 24.3 Å². The Kier molecular flexibility index (Phi) is 4.07. The number of hydrogen-bond donors (Lipinski definition) is 2. The molecule has 1 aromatic heterocycles. The molecule has 0 unspecified atom stereocenters. The van der Waals surface area contributed by atoms with E-state index in [2.05, 4.69) is 10.3 Å². The molecule has 3 nitrogen and oxygen atoms in total. The fourth-order valence-electron chi connectivity index (χ4n) is 1.29. The third kappa shape index (κ3) is 2.93. The molecule has 0 saturated heterocycles. The minimum Gasteiger partial charge on any atom is -0.382 e. The predicted octanol–water partition coefficient (Wildman–Crippen LogP) is 5.02. The number of nitrogens with one attached hydrogen (secondary N) is 1. The van der Waals surface area contributed by atoms with Gasteiger partial charge in [0.25, 0.3) is 0 Å². The molecule has 2 aromatic rings. The molecule has 0 bridgehead atoms. The number of rotatable bonds is 2. The second kappa shape index (κ2) is 5.41. The number of hydrogen-bond acceptors (Lipinski definition) is 3. The van der Waals surface area contributed by atoms with Crippen LogP contribution in [0.15, 0.2) is 24.3 Å². The Balaban J connectivity index is 2.40. The van der Waals surface area contributed by atoms with E-state index < -0.39 is 0 Å². The van der Waals surface area contributed by atoms with E-state index in [0.717, 1.165) is 0 Å². The van der Waals surface area contributed by atoms with Crippen LogP contribution in [0.3, 0.4) is 0 Å². The van der Waals surface area contributed by atoms with Crippen molar-refractivity contribution in [2.45, 2.75) is 0 Å². The van der Waals surface area contributed by atoms with Crippen molar-refractivity contribution >= 4 is 63.7 Å². The smallest absolute Gasteiger partial charge is 0.151 e. The summed E-state index contributed by atoms with van der Waals surface area (Å²) >= 11 is 23.7. The van der Waals surface area contributed by atoms with Crippen LogP contribution < -0.4 is 11.1 Å². The molecule has 94 valence electrons. The number of nitrogen functional groups attached to an aromatic ring is 1. The van der Waals surface area contributed by atoms with Crippen LogP contribution in [-0.4, -0.2) is 4.98 Å². The minimum atomic E-state index is 0.182. The van der Waals surface area contributed by atoms with Crippen molar-refractivity contribution in [2.75, 3.05) is 11.1 Å². The van der Waals surface area contributed by atoms with Crippen molar-refractivity contribution in [3.05, 3.63) is 44.4 Å². The molecule has 0 fully saturated rings. The first-order valence-corrected chi connectivity index (χ1v) is 6.32. The molecular weight excluding hydrogens is 316 g/mol. The topological polar surface area (TPSA) is 50.9 Å². The van der Waals surface area contributed by atoms with Crippen LogP contribution >= 0.6 is 46.4 Å². The molecule has 3 N–H and O–H groups in total. The molecule has 1 aromatic carbocycles. The Labute approximate surface area is 124 Å². The molecule has 18 heavy (non-hydrogen) atoms. The molecule has 2 rings (SSSR count). The Bertz CT molecular complexity index is 601. The highest BCUT2D eigenvalue weighted by atomic mass is 35.5. The molecule has 0 saturated carbocycles. The largest absolute Gasteiger partial charge is 0.382 e. The summed E-state index contributed by atoms with van der Waals surface area (Å²) in [6.07, 6.45) is 0. The van der Waals surface area contributed by atoms with Crippen molar-refractivity contribution in [2.24, 2.45) is 0 Å². The van der Waals surface area contributed by atoms with Gasteiger partial charge in [0, 0.05) is 5.02 Å². The normalized spacial score (nSPS) is 10.4. The zero-order valence-electron chi connectivity index (χ0n) is 8.85. The number of halogens is 4. The van der Waals surface area contributed by atoms with Gasteiger partial charge in [0.05, 0.1) is 20.8 Å². The third-order valence-electron chi connectivity index (χ3n) is 2.14. The number of benzene rings is 1. The van der Waals surface area contributed by atoms with E-state index in [0.29, 0.717) is 31.6 Å². The Morgan fingerprint density at radius 2 is 1.67 bits per heavy atom. The van der Waals surface area contributed by atoms with Gasteiger partial charge in [-0.25, -0.2) is 4.98 Å². The first-order valence-electron chi connectivity index (χ1n) is 4.81. The van der Waals surface area contributed by atoms with Crippen LogP contribution in [0.4, 0.5) is 17.3 Å². The maximum Gasteiger partial charge on any atom is 0.151 e. The van der Waals surface area contributed by atoms with Gasteiger partial charge in [-0.3, -0.25) is 0 Å². The fraction of sp³-hybridized carbons (Fsp3) is 0. The molecular formula is C11H7Cl4N3. The lowest BCUT2D eigenvalue weighted by Crippen LogP contribution is -1.99. The van der Waals surface area contributed by atoms with Gasteiger partial charge in [-0.15, -0.1) is 0 Å². The second-order valence-corrected chi connectivity index (χ2v) is 5.09. The number of pyridine rings is 1. The van der Waals surface area contributed by atoms with Crippen molar-refractivity contribution in [3.63, 3.8) is 0 Å². The Morgan fingerprint density at radius 3 is 2.39 bits per heavy atom. The summed E-state index contributed by atoms with van der Waals surface area (Å²) in [5.74, 6) is 0.546. The van der Waals surface area contributed by atoms with E-state index in [1.807, 2.05) is 0 Å². The minimum absolute atomic E-state index is 0.182. The average molecular weight is 323 g/mol. The van der Waals surface area contributed by atoms with E-state index in [1.54, 1.807) is 18.2 Å². The van der Waals surface area contributed by atoms with Crippen molar-refractivity contribution in [1.29, 1.82) is 0 Å². The molecule has 0 aliphatic heterocycles. The summed E-state index contributed by atoms with van der Waals surface area (Å²) in [6, 6.07) is 6.51.